The second-order valence-corrected chi connectivity index (χ2v) is 5.60. The smallest absolute Gasteiger partial charge is 0.252 e. The average molecular weight is 363 g/mol. The third-order valence-electron chi connectivity index (χ3n) is 3.09. The van der Waals surface area contributed by atoms with Crippen molar-refractivity contribution < 1.29 is 17.1 Å². The molecule has 0 N–H and O–H groups in total. The number of fused-ring (bicyclic) bond motifs is 1. The van der Waals surface area contributed by atoms with Crippen LogP contribution >= 0.6 is 23.9 Å². The molecule has 0 aliphatic carbocycles. The van der Waals surface area contributed by atoms with Crippen molar-refractivity contribution in [1.82, 2.24) is 19.4 Å². The summed E-state index contributed by atoms with van der Waals surface area (Å²) in [6, 6.07) is 5.25. The highest BCUT2D eigenvalue weighted by Crippen LogP contribution is 2.36. The lowest BCUT2D eigenvalue weighted by Crippen LogP contribution is -2.06. The summed E-state index contributed by atoms with van der Waals surface area (Å²) in [6.45, 7) is 0. The van der Waals surface area contributed by atoms with Gasteiger partial charge >= 0.3 is 6.18 Å². The zero-order valence-electron chi connectivity index (χ0n) is 11.2. The fourth-order valence-electron chi connectivity index (χ4n) is 2.08. The van der Waals surface area contributed by atoms with E-state index in [0.29, 0.717) is 22.3 Å². The van der Waals surface area contributed by atoms with Gasteiger partial charge in [0.25, 0.3) is 0 Å². The highest BCUT2D eigenvalue weighted by atomic mass is 35.5. The SMILES string of the molecule is FSn1cc(Cc2ccc3cc(C(F)(F)F)c(Cl)cc3n2)nn1. The van der Waals surface area contributed by atoms with Crippen LogP contribution in [0.25, 0.3) is 10.9 Å². The number of rotatable bonds is 3. The Morgan fingerprint density at radius 3 is 2.61 bits per heavy atom. The van der Waals surface area contributed by atoms with Gasteiger partial charge < -0.3 is 0 Å². The van der Waals surface area contributed by atoms with Gasteiger partial charge in [-0.05, 0) is 18.2 Å². The Balaban J connectivity index is 1.96. The van der Waals surface area contributed by atoms with Gasteiger partial charge in [-0.1, -0.05) is 22.9 Å². The zero-order chi connectivity index (χ0) is 16.6. The summed E-state index contributed by atoms with van der Waals surface area (Å²) >= 11 is 5.60. The van der Waals surface area contributed by atoms with Gasteiger partial charge in [-0.25, -0.2) is 0 Å². The normalized spacial score (nSPS) is 12.0. The van der Waals surface area contributed by atoms with Crippen LogP contribution in [0.2, 0.25) is 5.02 Å². The fraction of sp³-hybridized carbons (Fsp3) is 0.154. The number of aromatic nitrogens is 4. The molecule has 1 aromatic carbocycles. The molecule has 0 amide bonds. The molecule has 0 aliphatic rings. The van der Waals surface area contributed by atoms with Crippen molar-refractivity contribution in [2.75, 3.05) is 0 Å². The van der Waals surface area contributed by atoms with E-state index in [1.54, 1.807) is 6.07 Å². The maximum atomic E-state index is 12.8. The van der Waals surface area contributed by atoms with Crippen molar-refractivity contribution in [3.8, 4) is 0 Å². The Bertz CT molecular complexity index is 865. The molecule has 23 heavy (non-hydrogen) atoms. The van der Waals surface area contributed by atoms with E-state index in [1.165, 1.54) is 18.3 Å². The van der Waals surface area contributed by atoms with Crippen LogP contribution < -0.4 is 0 Å². The molecule has 0 saturated heterocycles. The topological polar surface area (TPSA) is 43.6 Å². The van der Waals surface area contributed by atoms with Gasteiger partial charge in [-0.3, -0.25) is 4.98 Å². The predicted octanol–water partition coefficient (Wildman–Crippen LogP) is 4.47. The van der Waals surface area contributed by atoms with Crippen LogP contribution in [-0.4, -0.2) is 19.4 Å². The summed E-state index contributed by atoms with van der Waals surface area (Å²) in [5, 5.41) is 7.21. The van der Waals surface area contributed by atoms with Crippen LogP contribution in [0.3, 0.4) is 0 Å². The van der Waals surface area contributed by atoms with Crippen molar-refractivity contribution in [3.05, 3.63) is 52.4 Å². The van der Waals surface area contributed by atoms with E-state index in [4.69, 9.17) is 11.6 Å². The first-order valence-corrected chi connectivity index (χ1v) is 7.28. The second kappa shape index (κ2) is 5.97. The number of halogens is 5. The number of hydrogen-bond acceptors (Lipinski definition) is 4. The Hall–Kier alpha value is -1.87. The van der Waals surface area contributed by atoms with Gasteiger partial charge in [-0.15, -0.1) is 8.98 Å². The van der Waals surface area contributed by atoms with Crippen LogP contribution in [0.15, 0.2) is 30.5 Å². The maximum Gasteiger partial charge on any atom is 0.417 e. The Kier molecular flexibility index (Phi) is 4.15. The van der Waals surface area contributed by atoms with E-state index in [-0.39, 0.29) is 18.8 Å². The Labute approximate surface area is 136 Å². The molecule has 3 rings (SSSR count). The largest absolute Gasteiger partial charge is 0.417 e. The maximum absolute atomic E-state index is 12.8. The van der Waals surface area contributed by atoms with Gasteiger partial charge in [0.1, 0.15) is 0 Å². The van der Waals surface area contributed by atoms with Crippen molar-refractivity contribution in [2.45, 2.75) is 12.6 Å². The van der Waals surface area contributed by atoms with Crippen LogP contribution in [0, 0.1) is 0 Å². The number of benzene rings is 1. The molecule has 120 valence electrons. The predicted molar refractivity (Wildman–Crippen MR) is 78.7 cm³/mol. The molecule has 0 aliphatic heterocycles. The Morgan fingerprint density at radius 2 is 1.96 bits per heavy atom. The molecule has 0 radical (unpaired) electrons. The second-order valence-electron chi connectivity index (χ2n) is 4.68. The summed E-state index contributed by atoms with van der Waals surface area (Å²) in [7, 11) is 0. The van der Waals surface area contributed by atoms with Gasteiger partial charge in [0.15, 0.2) is 12.3 Å². The average Bonchev–Trinajstić information content (AvgIpc) is 2.93. The zero-order valence-corrected chi connectivity index (χ0v) is 12.8. The molecule has 0 atom stereocenters. The molecule has 0 fully saturated rings. The molecule has 0 saturated carbocycles. The summed E-state index contributed by atoms with van der Waals surface area (Å²) in [5.74, 6) is 0. The monoisotopic (exact) mass is 362 g/mol. The molecular weight excluding hydrogens is 356 g/mol. The first-order chi connectivity index (χ1) is 10.9. The summed E-state index contributed by atoms with van der Waals surface area (Å²) in [5.41, 5.74) is 0.487. The van der Waals surface area contributed by atoms with Crippen molar-refractivity contribution in [1.29, 1.82) is 0 Å². The first kappa shape index (κ1) is 16.0. The molecule has 0 unspecified atom stereocenters. The third kappa shape index (κ3) is 3.40. The van der Waals surface area contributed by atoms with Crippen LogP contribution in [0.4, 0.5) is 17.1 Å². The van der Waals surface area contributed by atoms with Crippen molar-refractivity contribution in [3.63, 3.8) is 0 Å². The van der Waals surface area contributed by atoms with E-state index in [9.17, 15) is 17.1 Å². The lowest BCUT2D eigenvalue weighted by Gasteiger charge is -2.10. The number of nitrogens with zero attached hydrogens (tertiary/aromatic N) is 4. The molecule has 10 heteroatoms. The van der Waals surface area contributed by atoms with Crippen molar-refractivity contribution >= 4 is 34.8 Å². The molecule has 0 spiro atoms. The molecular formula is C13H7ClF4N4S. The van der Waals surface area contributed by atoms with Crippen molar-refractivity contribution in [2.24, 2.45) is 0 Å². The summed E-state index contributed by atoms with van der Waals surface area (Å²) in [6.07, 6.45) is -2.85. The highest BCUT2D eigenvalue weighted by molar-refractivity contribution is 7.92. The van der Waals surface area contributed by atoms with Crippen LogP contribution in [0.1, 0.15) is 17.0 Å². The molecule has 0 bridgehead atoms. The highest BCUT2D eigenvalue weighted by Gasteiger charge is 2.33. The number of alkyl halides is 3. The molecule has 4 nitrogen and oxygen atoms in total. The summed E-state index contributed by atoms with van der Waals surface area (Å²) in [4.78, 5) is 4.26. The minimum atomic E-state index is -4.52. The van der Waals surface area contributed by atoms with E-state index >= 15 is 0 Å². The fourth-order valence-corrected chi connectivity index (χ4v) is 2.58. The lowest BCUT2D eigenvalue weighted by atomic mass is 10.1. The number of hydrogen-bond donors (Lipinski definition) is 0. The van der Waals surface area contributed by atoms with E-state index in [1.807, 2.05) is 0 Å². The number of pyridine rings is 1. The molecule has 2 aromatic heterocycles. The minimum absolute atomic E-state index is 0.0928. The van der Waals surface area contributed by atoms with E-state index in [0.717, 1.165) is 10.2 Å². The lowest BCUT2D eigenvalue weighted by molar-refractivity contribution is -0.137. The minimum Gasteiger partial charge on any atom is -0.252 e. The van der Waals surface area contributed by atoms with E-state index in [2.05, 4.69) is 15.3 Å². The standard InChI is InChI=1S/C13H7ClF4N4S/c14-11-5-12-7(3-10(11)13(15,16)17)1-2-8(19-12)4-9-6-22(23-18)21-20-9/h1-3,5-6H,4H2. The van der Waals surface area contributed by atoms with Gasteiger partial charge in [0.2, 0.25) is 0 Å². The van der Waals surface area contributed by atoms with Gasteiger partial charge in [0.05, 0.1) is 28.0 Å². The van der Waals surface area contributed by atoms with Gasteiger partial charge in [-0.2, -0.15) is 17.3 Å². The molecule has 2 heterocycles. The first-order valence-electron chi connectivity index (χ1n) is 6.23. The summed E-state index contributed by atoms with van der Waals surface area (Å²) < 4.78 is 51.7. The third-order valence-corrected chi connectivity index (χ3v) is 3.73. The van der Waals surface area contributed by atoms with Crippen LogP contribution in [0.5, 0.6) is 0 Å². The van der Waals surface area contributed by atoms with E-state index < -0.39 is 16.8 Å². The quantitative estimate of drug-likeness (QED) is 0.645. The van der Waals surface area contributed by atoms with Crippen LogP contribution in [-0.2, 0) is 12.6 Å². The molecule has 3 aromatic rings. The van der Waals surface area contributed by atoms with Gasteiger partial charge in [0, 0.05) is 17.5 Å². The Morgan fingerprint density at radius 1 is 1.17 bits per heavy atom.